The summed E-state index contributed by atoms with van der Waals surface area (Å²) in [6, 6.07) is 10.7. The molecule has 0 unspecified atom stereocenters. The van der Waals surface area contributed by atoms with E-state index in [1.165, 1.54) is 12.1 Å². The van der Waals surface area contributed by atoms with Gasteiger partial charge in [0.1, 0.15) is 0 Å². The third-order valence-electron chi connectivity index (χ3n) is 6.31. The molecule has 2 aliphatic rings. The van der Waals surface area contributed by atoms with E-state index in [1.54, 1.807) is 0 Å². The van der Waals surface area contributed by atoms with E-state index < -0.39 is 0 Å². The summed E-state index contributed by atoms with van der Waals surface area (Å²) in [5.41, 5.74) is 1.33. The average Bonchev–Trinajstić information content (AvgIpc) is 3.04. The lowest BCUT2D eigenvalue weighted by Gasteiger charge is -2.36. The zero-order valence-electron chi connectivity index (χ0n) is 20.3. The minimum Gasteiger partial charge on any atom is -0.369 e. The molecule has 0 radical (unpaired) electrons. The fourth-order valence-corrected chi connectivity index (χ4v) is 4.45. The average molecular weight is 571 g/mol. The smallest absolute Gasteiger partial charge is 0.222 e. The number of anilines is 1. The maximum absolute atomic E-state index is 12.1. The topological polar surface area (TPSA) is 63.2 Å². The van der Waals surface area contributed by atoms with Crippen LogP contribution in [0.2, 0.25) is 0 Å². The van der Waals surface area contributed by atoms with Crippen LogP contribution >= 0.6 is 24.0 Å². The Bertz CT molecular complexity index is 693. The number of guanidine groups is 1. The molecule has 2 saturated heterocycles. The molecule has 0 aromatic heterocycles. The number of benzene rings is 1. The third-order valence-corrected chi connectivity index (χ3v) is 6.31. The van der Waals surface area contributed by atoms with E-state index in [9.17, 15) is 4.79 Å². The Morgan fingerprint density at radius 3 is 2.48 bits per heavy atom. The number of carbonyl (C=O) groups excluding carboxylic acids is 1. The Morgan fingerprint density at radius 1 is 0.939 bits per heavy atom. The lowest BCUT2D eigenvalue weighted by atomic mass is 10.2. The van der Waals surface area contributed by atoms with Crippen molar-refractivity contribution in [3.05, 3.63) is 30.3 Å². The number of carbonyl (C=O) groups is 1. The van der Waals surface area contributed by atoms with Crippen molar-refractivity contribution in [2.45, 2.75) is 45.4 Å². The van der Waals surface area contributed by atoms with Crippen molar-refractivity contribution in [3.63, 3.8) is 0 Å². The zero-order chi connectivity index (χ0) is 22.4. The highest BCUT2D eigenvalue weighted by atomic mass is 127. The first-order valence-electron chi connectivity index (χ1n) is 12.6. The Morgan fingerprint density at radius 2 is 1.73 bits per heavy atom. The van der Waals surface area contributed by atoms with Gasteiger partial charge in [-0.2, -0.15) is 0 Å². The van der Waals surface area contributed by atoms with Gasteiger partial charge in [-0.1, -0.05) is 24.6 Å². The summed E-state index contributed by atoms with van der Waals surface area (Å²) in [5.74, 6) is 1.21. The first-order chi connectivity index (χ1) is 15.8. The lowest BCUT2D eigenvalue weighted by Crippen LogP contribution is -2.47. The van der Waals surface area contributed by atoms with Gasteiger partial charge in [-0.15, -0.1) is 24.0 Å². The van der Waals surface area contributed by atoms with E-state index >= 15 is 0 Å². The molecule has 7 nitrogen and oxygen atoms in total. The number of rotatable bonds is 10. The molecule has 0 atom stereocenters. The summed E-state index contributed by atoms with van der Waals surface area (Å²) < 4.78 is 0. The monoisotopic (exact) mass is 570 g/mol. The second-order valence-electron chi connectivity index (χ2n) is 8.75. The number of halogens is 1. The van der Waals surface area contributed by atoms with Gasteiger partial charge in [0, 0.05) is 71.0 Å². The van der Waals surface area contributed by atoms with Gasteiger partial charge in [0.05, 0.1) is 0 Å². The highest BCUT2D eigenvalue weighted by Gasteiger charge is 2.17. The van der Waals surface area contributed by atoms with Gasteiger partial charge in [0.2, 0.25) is 5.91 Å². The second-order valence-corrected chi connectivity index (χ2v) is 8.75. The van der Waals surface area contributed by atoms with Crippen molar-refractivity contribution in [2.75, 3.05) is 70.3 Å². The van der Waals surface area contributed by atoms with Gasteiger partial charge < -0.3 is 20.4 Å². The summed E-state index contributed by atoms with van der Waals surface area (Å²) >= 11 is 0. The fourth-order valence-electron chi connectivity index (χ4n) is 4.45. The van der Waals surface area contributed by atoms with Crippen LogP contribution in [-0.2, 0) is 4.79 Å². The van der Waals surface area contributed by atoms with Crippen LogP contribution in [0.3, 0.4) is 0 Å². The van der Waals surface area contributed by atoms with Gasteiger partial charge in [-0.3, -0.25) is 14.7 Å². The predicted molar refractivity (Wildman–Crippen MR) is 149 cm³/mol. The van der Waals surface area contributed by atoms with Crippen molar-refractivity contribution >= 4 is 41.5 Å². The molecule has 1 amide bonds. The number of nitrogens with zero attached hydrogens (tertiary/aromatic N) is 4. The van der Waals surface area contributed by atoms with Gasteiger partial charge in [0.15, 0.2) is 5.96 Å². The number of hydrogen-bond donors (Lipinski definition) is 2. The van der Waals surface area contributed by atoms with Crippen LogP contribution < -0.4 is 15.5 Å². The molecule has 2 N–H and O–H groups in total. The van der Waals surface area contributed by atoms with Crippen LogP contribution in [0.5, 0.6) is 0 Å². The number of likely N-dealkylation sites (tertiary alicyclic amines) is 1. The highest BCUT2D eigenvalue weighted by molar-refractivity contribution is 14.0. The number of aliphatic imine (C=N–C) groups is 1. The van der Waals surface area contributed by atoms with Crippen molar-refractivity contribution in [3.8, 4) is 0 Å². The molecule has 0 spiro atoms. The Kier molecular flexibility index (Phi) is 13.5. The maximum Gasteiger partial charge on any atom is 0.222 e. The van der Waals surface area contributed by atoms with Gasteiger partial charge in [-0.25, -0.2) is 0 Å². The van der Waals surface area contributed by atoms with Crippen molar-refractivity contribution in [2.24, 2.45) is 4.99 Å². The van der Waals surface area contributed by atoms with Crippen molar-refractivity contribution in [1.82, 2.24) is 20.4 Å². The standard InChI is InChI=1S/C25H42N6O.HI/c1-2-26-25(28-15-10-18-31-17-8-4-7-13-24(31)32)27-14-9-16-29-19-21-30(22-20-29)23-11-5-3-6-12-23;/h3,5-6,11-12H,2,4,7-10,13-22H2,1H3,(H2,26,27,28);1H. The molecule has 186 valence electrons. The largest absolute Gasteiger partial charge is 0.369 e. The molecular weight excluding hydrogens is 527 g/mol. The number of para-hydroxylation sites is 1. The van der Waals surface area contributed by atoms with Gasteiger partial charge in [-0.05, 0) is 51.3 Å². The summed E-state index contributed by atoms with van der Waals surface area (Å²) in [7, 11) is 0. The predicted octanol–water partition coefficient (Wildman–Crippen LogP) is 3.16. The molecule has 33 heavy (non-hydrogen) atoms. The first kappa shape index (κ1) is 27.7. The minimum absolute atomic E-state index is 0. The van der Waals surface area contributed by atoms with Crippen LogP contribution in [0.4, 0.5) is 5.69 Å². The molecule has 0 aliphatic carbocycles. The lowest BCUT2D eigenvalue weighted by molar-refractivity contribution is -0.130. The Labute approximate surface area is 217 Å². The summed E-state index contributed by atoms with van der Waals surface area (Å²) in [4.78, 5) is 23.9. The molecule has 0 saturated carbocycles. The second kappa shape index (κ2) is 16.1. The van der Waals surface area contributed by atoms with Crippen LogP contribution in [-0.4, -0.2) is 87.1 Å². The van der Waals surface area contributed by atoms with Crippen LogP contribution in [0.1, 0.15) is 45.4 Å². The maximum atomic E-state index is 12.1. The van der Waals surface area contributed by atoms with Gasteiger partial charge in [0.25, 0.3) is 0 Å². The van der Waals surface area contributed by atoms with Crippen molar-refractivity contribution < 1.29 is 4.79 Å². The summed E-state index contributed by atoms with van der Waals surface area (Å²) in [6.45, 7) is 11.9. The van der Waals surface area contributed by atoms with E-state index in [1.807, 2.05) is 4.90 Å². The van der Waals surface area contributed by atoms with E-state index in [2.05, 4.69) is 57.7 Å². The highest BCUT2D eigenvalue weighted by Crippen LogP contribution is 2.15. The minimum atomic E-state index is 0. The van der Waals surface area contributed by atoms with E-state index in [0.29, 0.717) is 5.91 Å². The van der Waals surface area contributed by atoms with Crippen LogP contribution in [0.25, 0.3) is 0 Å². The molecule has 8 heteroatoms. The normalized spacial score (nSPS) is 18.0. The number of amides is 1. The SMILES string of the molecule is CCNC(=NCCCN1CCCCCC1=O)NCCCN1CCN(c2ccccc2)CC1.I. The van der Waals surface area contributed by atoms with Gasteiger partial charge >= 0.3 is 0 Å². The quantitative estimate of drug-likeness (QED) is 0.196. The summed E-state index contributed by atoms with van der Waals surface area (Å²) in [5, 5.41) is 6.81. The molecule has 2 aliphatic heterocycles. The van der Waals surface area contributed by atoms with Crippen LogP contribution in [0, 0.1) is 0 Å². The van der Waals surface area contributed by atoms with E-state index in [-0.39, 0.29) is 24.0 Å². The van der Waals surface area contributed by atoms with Crippen molar-refractivity contribution in [1.29, 1.82) is 0 Å². The van der Waals surface area contributed by atoms with E-state index in [4.69, 9.17) is 4.99 Å². The number of piperazine rings is 1. The first-order valence-corrected chi connectivity index (χ1v) is 12.6. The molecule has 3 rings (SSSR count). The zero-order valence-corrected chi connectivity index (χ0v) is 22.6. The third kappa shape index (κ3) is 10.1. The molecular formula is C25H43IN6O. The molecule has 1 aromatic carbocycles. The molecule has 2 fully saturated rings. The van der Waals surface area contributed by atoms with E-state index in [0.717, 1.165) is 104 Å². The Hall–Kier alpha value is -1.55. The molecule has 0 bridgehead atoms. The fraction of sp³-hybridized carbons (Fsp3) is 0.680. The number of hydrogen-bond acceptors (Lipinski definition) is 4. The number of nitrogens with one attached hydrogen (secondary N) is 2. The van der Waals surface area contributed by atoms with Crippen LogP contribution in [0.15, 0.2) is 35.3 Å². The summed E-state index contributed by atoms with van der Waals surface area (Å²) in [6.07, 6.45) is 6.11. The molecule has 2 heterocycles. The molecule has 1 aromatic rings. The Balaban J connectivity index is 0.00000385.